The van der Waals surface area contributed by atoms with Crippen LogP contribution in [0.25, 0.3) is 0 Å². The normalized spacial score (nSPS) is 30.7. The van der Waals surface area contributed by atoms with Crippen LogP contribution in [0.15, 0.2) is 66.7 Å². The summed E-state index contributed by atoms with van der Waals surface area (Å²) < 4.78 is 6.30. The molecule has 2 heterocycles. The van der Waals surface area contributed by atoms with Crippen molar-refractivity contribution in [1.82, 2.24) is 0 Å². The van der Waals surface area contributed by atoms with Gasteiger partial charge in [0.05, 0.1) is 17.6 Å². The van der Waals surface area contributed by atoms with Crippen molar-refractivity contribution in [2.75, 3.05) is 0 Å². The summed E-state index contributed by atoms with van der Waals surface area (Å²) in [5.41, 5.74) is 1.29. The van der Waals surface area contributed by atoms with Gasteiger partial charge in [-0.2, -0.15) is 0 Å². The van der Waals surface area contributed by atoms with Gasteiger partial charge >= 0.3 is 0 Å². The predicted octanol–water partition coefficient (Wildman–Crippen LogP) is 5.04. The molecule has 0 radical (unpaired) electrons. The highest BCUT2D eigenvalue weighted by Gasteiger charge is 2.58. The number of hydrogen-bond acceptors (Lipinski definition) is 2. The lowest BCUT2D eigenvalue weighted by atomic mass is 9.68. The van der Waals surface area contributed by atoms with E-state index in [0.29, 0.717) is 5.02 Å². The van der Waals surface area contributed by atoms with Gasteiger partial charge in [0.2, 0.25) is 0 Å². The van der Waals surface area contributed by atoms with Crippen LogP contribution in [0.1, 0.15) is 35.2 Å². The molecule has 0 spiro atoms. The SMILES string of the molecule is CCC12C=CC(O1)C(C(=O)c1ccccc1)C2c1ccccc1Cl. The zero-order valence-corrected chi connectivity index (χ0v) is 14.2. The summed E-state index contributed by atoms with van der Waals surface area (Å²) in [5, 5.41) is 0.700. The Hall–Kier alpha value is -1.90. The van der Waals surface area contributed by atoms with Crippen LogP contribution in [-0.2, 0) is 4.74 Å². The lowest BCUT2D eigenvalue weighted by molar-refractivity contribution is 0.0200. The van der Waals surface area contributed by atoms with E-state index < -0.39 is 5.60 Å². The van der Waals surface area contributed by atoms with Crippen LogP contribution in [0.2, 0.25) is 5.02 Å². The zero-order chi connectivity index (χ0) is 16.7. The first-order valence-electron chi connectivity index (χ1n) is 8.37. The number of carbonyl (C=O) groups is 1. The number of ketones is 1. The fourth-order valence-corrected chi connectivity index (χ4v) is 4.41. The van der Waals surface area contributed by atoms with Crippen molar-refractivity contribution in [3.63, 3.8) is 0 Å². The van der Waals surface area contributed by atoms with Gasteiger partial charge in [0.25, 0.3) is 0 Å². The van der Waals surface area contributed by atoms with Crippen molar-refractivity contribution < 1.29 is 9.53 Å². The van der Waals surface area contributed by atoms with E-state index in [4.69, 9.17) is 16.3 Å². The van der Waals surface area contributed by atoms with Crippen LogP contribution in [0, 0.1) is 5.92 Å². The molecule has 2 aromatic carbocycles. The van der Waals surface area contributed by atoms with Gasteiger partial charge in [0, 0.05) is 16.5 Å². The standard InChI is InChI=1S/C21H19ClO2/c1-2-21-13-12-17(24-21)18(20(23)14-8-4-3-5-9-14)19(21)15-10-6-7-11-16(15)22/h3-13,17-19H,2H2,1H3. The maximum Gasteiger partial charge on any atom is 0.169 e. The summed E-state index contributed by atoms with van der Waals surface area (Å²) >= 11 is 6.49. The Labute approximate surface area is 147 Å². The number of halogens is 1. The number of rotatable bonds is 4. The average Bonchev–Trinajstić information content (AvgIpc) is 3.19. The molecule has 1 fully saturated rings. The molecular weight excluding hydrogens is 320 g/mol. The minimum atomic E-state index is -0.440. The Kier molecular flexibility index (Phi) is 3.82. The van der Waals surface area contributed by atoms with Crippen LogP contribution >= 0.6 is 11.6 Å². The molecule has 0 N–H and O–H groups in total. The predicted molar refractivity (Wildman–Crippen MR) is 95.5 cm³/mol. The van der Waals surface area contributed by atoms with E-state index in [0.717, 1.165) is 17.5 Å². The third kappa shape index (κ3) is 2.25. The van der Waals surface area contributed by atoms with Crippen molar-refractivity contribution in [3.05, 3.63) is 82.9 Å². The molecule has 2 aliphatic heterocycles. The van der Waals surface area contributed by atoms with Gasteiger partial charge in [-0.05, 0) is 18.1 Å². The lowest BCUT2D eigenvalue weighted by Gasteiger charge is -2.33. The van der Waals surface area contributed by atoms with Crippen molar-refractivity contribution in [2.45, 2.75) is 31.0 Å². The molecule has 0 aromatic heterocycles. The van der Waals surface area contributed by atoms with Crippen molar-refractivity contribution >= 4 is 17.4 Å². The zero-order valence-electron chi connectivity index (χ0n) is 13.5. The Balaban J connectivity index is 1.82. The fourth-order valence-electron chi connectivity index (χ4n) is 4.15. The Morgan fingerprint density at radius 3 is 2.54 bits per heavy atom. The van der Waals surface area contributed by atoms with Crippen LogP contribution in [0.5, 0.6) is 0 Å². The summed E-state index contributed by atoms with van der Waals surface area (Å²) in [4.78, 5) is 13.2. The first-order valence-corrected chi connectivity index (χ1v) is 8.75. The average molecular weight is 339 g/mol. The monoisotopic (exact) mass is 338 g/mol. The number of Topliss-reactive ketones (excluding diaryl/α,β-unsaturated/α-hetero) is 1. The largest absolute Gasteiger partial charge is 0.362 e. The summed E-state index contributed by atoms with van der Waals surface area (Å²) in [7, 11) is 0. The number of hydrogen-bond donors (Lipinski definition) is 0. The van der Waals surface area contributed by atoms with E-state index in [1.54, 1.807) is 0 Å². The van der Waals surface area contributed by atoms with Gasteiger partial charge in [0.1, 0.15) is 0 Å². The molecule has 2 bridgehead atoms. The van der Waals surface area contributed by atoms with Crippen LogP contribution in [0.4, 0.5) is 0 Å². The first kappa shape index (κ1) is 15.6. The molecule has 0 saturated carbocycles. The number of benzene rings is 2. The highest BCUT2D eigenvalue weighted by atomic mass is 35.5. The maximum absolute atomic E-state index is 13.2. The van der Waals surface area contributed by atoms with E-state index in [2.05, 4.69) is 13.0 Å². The Morgan fingerprint density at radius 1 is 1.12 bits per heavy atom. The summed E-state index contributed by atoms with van der Waals surface area (Å²) in [6, 6.07) is 17.3. The molecule has 1 saturated heterocycles. The van der Waals surface area contributed by atoms with E-state index >= 15 is 0 Å². The molecule has 24 heavy (non-hydrogen) atoms. The van der Waals surface area contributed by atoms with Crippen molar-refractivity contribution in [1.29, 1.82) is 0 Å². The second kappa shape index (κ2) is 5.87. The number of fused-ring (bicyclic) bond motifs is 2. The highest BCUT2D eigenvalue weighted by Crippen LogP contribution is 2.55. The van der Waals surface area contributed by atoms with Gasteiger partial charge in [-0.3, -0.25) is 4.79 Å². The summed E-state index contributed by atoms with van der Waals surface area (Å²) in [6.45, 7) is 2.10. The molecule has 0 aliphatic carbocycles. The van der Waals surface area contributed by atoms with Crippen LogP contribution in [-0.4, -0.2) is 17.5 Å². The van der Waals surface area contributed by atoms with Gasteiger partial charge in [-0.15, -0.1) is 0 Å². The molecular formula is C21H19ClO2. The van der Waals surface area contributed by atoms with Crippen molar-refractivity contribution in [2.24, 2.45) is 5.92 Å². The molecule has 0 amide bonds. The van der Waals surface area contributed by atoms with Gasteiger partial charge in [-0.25, -0.2) is 0 Å². The van der Waals surface area contributed by atoms with Gasteiger partial charge in [0.15, 0.2) is 5.78 Å². The molecule has 3 heteroatoms. The van der Waals surface area contributed by atoms with Gasteiger partial charge in [-0.1, -0.05) is 79.2 Å². The molecule has 4 atom stereocenters. The molecule has 2 aromatic rings. The van der Waals surface area contributed by atoms with E-state index in [9.17, 15) is 4.79 Å². The molecule has 2 nitrogen and oxygen atoms in total. The number of ether oxygens (including phenoxy) is 1. The smallest absolute Gasteiger partial charge is 0.169 e. The third-order valence-corrected chi connectivity index (χ3v) is 5.66. The molecule has 2 aliphatic rings. The fraction of sp³-hybridized carbons (Fsp3) is 0.286. The molecule has 4 rings (SSSR count). The van der Waals surface area contributed by atoms with E-state index in [1.807, 2.05) is 60.7 Å². The minimum absolute atomic E-state index is 0.0566. The minimum Gasteiger partial charge on any atom is -0.362 e. The second-order valence-electron chi connectivity index (χ2n) is 6.51. The van der Waals surface area contributed by atoms with Crippen molar-refractivity contribution in [3.8, 4) is 0 Å². The molecule has 122 valence electrons. The summed E-state index contributed by atoms with van der Waals surface area (Å²) in [6.07, 6.45) is 4.80. The van der Waals surface area contributed by atoms with Crippen LogP contribution in [0.3, 0.4) is 0 Å². The van der Waals surface area contributed by atoms with E-state index in [1.165, 1.54) is 0 Å². The number of carbonyl (C=O) groups excluding carboxylic acids is 1. The van der Waals surface area contributed by atoms with E-state index in [-0.39, 0.29) is 23.7 Å². The second-order valence-corrected chi connectivity index (χ2v) is 6.91. The Bertz CT molecular complexity index is 798. The van der Waals surface area contributed by atoms with Crippen LogP contribution < -0.4 is 0 Å². The lowest BCUT2D eigenvalue weighted by Crippen LogP contribution is -2.36. The topological polar surface area (TPSA) is 26.3 Å². The van der Waals surface area contributed by atoms with Gasteiger partial charge < -0.3 is 4.74 Å². The first-order chi connectivity index (χ1) is 11.7. The summed E-state index contributed by atoms with van der Waals surface area (Å²) in [5.74, 6) is -0.165. The molecule has 4 unspecified atom stereocenters. The third-order valence-electron chi connectivity index (χ3n) is 5.32. The highest BCUT2D eigenvalue weighted by molar-refractivity contribution is 6.31. The quantitative estimate of drug-likeness (QED) is 0.576. The maximum atomic E-state index is 13.2. The Morgan fingerprint density at radius 2 is 1.83 bits per heavy atom.